The lowest BCUT2D eigenvalue weighted by Crippen LogP contribution is -2.42. The van der Waals surface area contributed by atoms with Crippen LogP contribution < -0.4 is 10.6 Å². The normalized spacial score (nSPS) is 25.2. The van der Waals surface area contributed by atoms with Gasteiger partial charge in [0.25, 0.3) is 0 Å². The Kier molecular flexibility index (Phi) is 3.32. The van der Waals surface area contributed by atoms with Gasteiger partial charge in [-0.05, 0) is 31.0 Å². The van der Waals surface area contributed by atoms with Gasteiger partial charge in [0.1, 0.15) is 5.84 Å². The summed E-state index contributed by atoms with van der Waals surface area (Å²) in [4.78, 5) is 2.01. The zero-order chi connectivity index (χ0) is 15.2. The third-order valence-electron chi connectivity index (χ3n) is 4.01. The number of ether oxygens (including phenoxy) is 1. The van der Waals surface area contributed by atoms with Crippen molar-refractivity contribution in [3.05, 3.63) is 29.3 Å². The Morgan fingerprint density at radius 2 is 1.86 bits per heavy atom. The van der Waals surface area contributed by atoms with Crippen LogP contribution >= 0.6 is 0 Å². The van der Waals surface area contributed by atoms with Gasteiger partial charge in [-0.2, -0.15) is 13.2 Å². The Morgan fingerprint density at radius 1 is 1.24 bits per heavy atom. The molecule has 2 aliphatic rings. The molecular weight excluding hydrogens is 283 g/mol. The Morgan fingerprint density at radius 3 is 2.38 bits per heavy atom. The van der Waals surface area contributed by atoms with E-state index >= 15 is 0 Å². The fraction of sp³-hybridized carbons (Fsp3) is 0.500. The van der Waals surface area contributed by atoms with Gasteiger partial charge in [-0.15, -0.1) is 0 Å². The van der Waals surface area contributed by atoms with Crippen LogP contribution in [-0.2, 0) is 10.9 Å². The summed E-state index contributed by atoms with van der Waals surface area (Å²) in [6.45, 7) is 1.33. The first-order valence-corrected chi connectivity index (χ1v) is 6.80. The van der Waals surface area contributed by atoms with Gasteiger partial charge in [0.05, 0.1) is 17.8 Å². The van der Waals surface area contributed by atoms with Crippen LogP contribution in [0.15, 0.2) is 18.2 Å². The van der Waals surface area contributed by atoms with Crippen LogP contribution in [0, 0.1) is 5.41 Å². The number of nitrogens with two attached hydrogens (primary N) is 1. The SMILES string of the molecule is N=C(N)c1cc(N2CC3CCC(C2)O3)ccc1C(F)(F)F. The Labute approximate surface area is 120 Å². The topological polar surface area (TPSA) is 62.3 Å². The van der Waals surface area contributed by atoms with Crippen LogP contribution in [-0.4, -0.2) is 31.1 Å². The summed E-state index contributed by atoms with van der Waals surface area (Å²) in [5, 5.41) is 7.39. The summed E-state index contributed by atoms with van der Waals surface area (Å²) in [6.07, 6.45) is -2.25. The fourth-order valence-electron chi connectivity index (χ4n) is 3.02. The molecule has 2 aliphatic heterocycles. The number of fused-ring (bicyclic) bond motifs is 2. The molecule has 3 rings (SSSR count). The number of nitrogens with zero attached hydrogens (tertiary/aromatic N) is 1. The smallest absolute Gasteiger partial charge is 0.384 e. The first kappa shape index (κ1) is 14.2. The van der Waals surface area contributed by atoms with Crippen molar-refractivity contribution in [2.45, 2.75) is 31.2 Å². The third-order valence-corrected chi connectivity index (χ3v) is 4.01. The highest BCUT2D eigenvalue weighted by molar-refractivity contribution is 5.97. The lowest BCUT2D eigenvalue weighted by Gasteiger charge is -2.34. The molecule has 4 nitrogen and oxygen atoms in total. The Balaban J connectivity index is 1.94. The monoisotopic (exact) mass is 299 g/mol. The number of halogens is 3. The maximum absolute atomic E-state index is 12.9. The van der Waals surface area contributed by atoms with Gasteiger partial charge < -0.3 is 15.4 Å². The van der Waals surface area contributed by atoms with Crippen LogP contribution in [0.3, 0.4) is 0 Å². The van der Waals surface area contributed by atoms with Crippen LogP contribution in [0.5, 0.6) is 0 Å². The summed E-state index contributed by atoms with van der Waals surface area (Å²) < 4.78 is 44.5. The molecule has 1 aromatic carbocycles. The number of anilines is 1. The van der Waals surface area contributed by atoms with E-state index in [9.17, 15) is 13.2 Å². The lowest BCUT2D eigenvalue weighted by atomic mass is 10.0. The van der Waals surface area contributed by atoms with Crippen molar-refractivity contribution in [3.8, 4) is 0 Å². The zero-order valence-corrected chi connectivity index (χ0v) is 11.3. The summed E-state index contributed by atoms with van der Waals surface area (Å²) in [5.41, 5.74) is 4.85. The van der Waals surface area contributed by atoms with E-state index in [-0.39, 0.29) is 17.8 Å². The van der Waals surface area contributed by atoms with E-state index in [1.54, 1.807) is 0 Å². The minimum absolute atomic E-state index is 0.145. The first-order valence-electron chi connectivity index (χ1n) is 6.80. The number of alkyl halides is 3. The number of amidine groups is 1. The van der Waals surface area contributed by atoms with Gasteiger partial charge in [0, 0.05) is 24.3 Å². The highest BCUT2D eigenvalue weighted by Gasteiger charge is 2.36. The van der Waals surface area contributed by atoms with E-state index in [0.717, 1.165) is 18.9 Å². The number of rotatable bonds is 2. The Bertz CT molecular complexity index is 561. The molecule has 2 unspecified atom stereocenters. The molecule has 0 spiro atoms. The van der Waals surface area contributed by atoms with Crippen molar-refractivity contribution in [3.63, 3.8) is 0 Å². The molecule has 2 saturated heterocycles. The maximum Gasteiger partial charge on any atom is 0.417 e. The number of nitrogens with one attached hydrogen (secondary N) is 1. The number of benzene rings is 1. The average Bonchev–Trinajstić information content (AvgIpc) is 2.75. The van der Waals surface area contributed by atoms with Crippen LogP contribution in [0.1, 0.15) is 24.0 Å². The van der Waals surface area contributed by atoms with Crippen molar-refractivity contribution in [2.24, 2.45) is 5.73 Å². The molecule has 2 atom stereocenters. The molecule has 21 heavy (non-hydrogen) atoms. The van der Waals surface area contributed by atoms with Gasteiger partial charge in [0.2, 0.25) is 0 Å². The van der Waals surface area contributed by atoms with Crippen LogP contribution in [0.2, 0.25) is 0 Å². The Hall–Kier alpha value is -1.76. The highest BCUT2D eigenvalue weighted by atomic mass is 19.4. The van der Waals surface area contributed by atoms with Crippen LogP contribution in [0.25, 0.3) is 0 Å². The molecule has 0 aromatic heterocycles. The van der Waals surface area contributed by atoms with Gasteiger partial charge in [-0.1, -0.05) is 0 Å². The maximum atomic E-state index is 12.9. The second-order valence-electron chi connectivity index (χ2n) is 5.50. The average molecular weight is 299 g/mol. The van der Waals surface area contributed by atoms with Gasteiger partial charge in [-0.25, -0.2) is 0 Å². The largest absolute Gasteiger partial charge is 0.417 e. The summed E-state index contributed by atoms with van der Waals surface area (Å²) in [6, 6.07) is 3.80. The summed E-state index contributed by atoms with van der Waals surface area (Å²) in [5.74, 6) is -0.569. The van der Waals surface area contributed by atoms with Crippen molar-refractivity contribution < 1.29 is 17.9 Å². The van der Waals surface area contributed by atoms with Crippen molar-refractivity contribution in [1.82, 2.24) is 0 Å². The molecule has 3 N–H and O–H groups in total. The summed E-state index contributed by atoms with van der Waals surface area (Å²) in [7, 11) is 0. The molecule has 1 aromatic rings. The van der Waals surface area contributed by atoms with E-state index in [2.05, 4.69) is 0 Å². The molecule has 2 heterocycles. The quantitative estimate of drug-likeness (QED) is 0.651. The first-order chi connectivity index (χ1) is 9.84. The van der Waals surface area contributed by atoms with Crippen molar-refractivity contribution in [1.29, 1.82) is 5.41 Å². The minimum Gasteiger partial charge on any atom is -0.384 e. The second-order valence-corrected chi connectivity index (χ2v) is 5.50. The zero-order valence-electron chi connectivity index (χ0n) is 11.3. The molecular formula is C14H16F3N3O. The van der Waals surface area contributed by atoms with E-state index in [1.807, 2.05) is 4.90 Å². The van der Waals surface area contributed by atoms with E-state index in [4.69, 9.17) is 15.9 Å². The standard InChI is InChI=1S/C14H16F3N3O/c15-14(16,17)12-4-1-8(5-11(12)13(18)19)20-6-9-2-3-10(7-20)21-9/h1,4-5,9-10H,2-3,6-7H2,(H3,18,19). The van der Waals surface area contributed by atoms with Crippen molar-refractivity contribution in [2.75, 3.05) is 18.0 Å². The van der Waals surface area contributed by atoms with Gasteiger partial charge in [0.15, 0.2) is 0 Å². The molecule has 0 aliphatic carbocycles. The van der Waals surface area contributed by atoms with Crippen molar-refractivity contribution >= 4 is 11.5 Å². The lowest BCUT2D eigenvalue weighted by molar-refractivity contribution is -0.137. The summed E-state index contributed by atoms with van der Waals surface area (Å²) >= 11 is 0. The van der Waals surface area contributed by atoms with E-state index in [0.29, 0.717) is 18.8 Å². The molecule has 0 amide bonds. The van der Waals surface area contributed by atoms with Gasteiger partial charge >= 0.3 is 6.18 Å². The molecule has 0 saturated carbocycles. The predicted molar refractivity (Wildman–Crippen MR) is 72.6 cm³/mol. The molecule has 114 valence electrons. The van der Waals surface area contributed by atoms with Gasteiger partial charge in [-0.3, -0.25) is 5.41 Å². The molecule has 7 heteroatoms. The molecule has 2 fully saturated rings. The highest BCUT2D eigenvalue weighted by Crippen LogP contribution is 2.35. The third kappa shape index (κ3) is 2.70. The number of nitrogen functional groups attached to an aromatic ring is 1. The molecule has 0 radical (unpaired) electrons. The number of hydrogen-bond donors (Lipinski definition) is 2. The molecule has 2 bridgehead atoms. The van der Waals surface area contributed by atoms with E-state index < -0.39 is 17.6 Å². The number of hydrogen-bond acceptors (Lipinski definition) is 3. The van der Waals surface area contributed by atoms with E-state index in [1.165, 1.54) is 12.1 Å². The van der Waals surface area contributed by atoms with Crippen LogP contribution in [0.4, 0.5) is 18.9 Å². The second kappa shape index (κ2) is 4.91. The predicted octanol–water partition coefficient (Wildman–Crippen LogP) is 2.36. The fourth-order valence-corrected chi connectivity index (χ4v) is 3.02. The minimum atomic E-state index is -4.51. The number of morpholine rings is 1.